The van der Waals surface area contributed by atoms with Gasteiger partial charge in [0.15, 0.2) is 4.34 Å². The molecular weight excluding hydrogens is 330 g/mol. The molecule has 1 aromatic heterocycles. The van der Waals surface area contributed by atoms with Gasteiger partial charge in [0.05, 0.1) is 7.11 Å². The van der Waals surface area contributed by atoms with E-state index < -0.39 is 0 Å². The summed E-state index contributed by atoms with van der Waals surface area (Å²) in [6.45, 7) is 4.29. The predicted octanol–water partition coefficient (Wildman–Crippen LogP) is 4.01. The minimum absolute atomic E-state index is 0.0444. The van der Waals surface area contributed by atoms with Gasteiger partial charge in [0.25, 0.3) is 0 Å². The molecule has 0 fully saturated rings. The van der Waals surface area contributed by atoms with Crippen LogP contribution in [0.1, 0.15) is 32.3 Å². The van der Waals surface area contributed by atoms with Crippen molar-refractivity contribution in [2.24, 2.45) is 0 Å². The number of carbonyl (C=O) groups is 1. The summed E-state index contributed by atoms with van der Waals surface area (Å²) >= 11 is 3.11. The number of ether oxygens (including phenoxy) is 1. The Balaban J connectivity index is 1.80. The standard InChI is InChI=1S/C16H21N3O2S2/c1-4-11(2)22-16-19-18-15(23-16)17-14(20)10-7-12-5-8-13(21-3)9-6-12/h5-6,8-9,11H,4,7,10H2,1-3H3,(H,17,18,20). The summed E-state index contributed by atoms with van der Waals surface area (Å²) in [5.41, 5.74) is 1.10. The van der Waals surface area contributed by atoms with Crippen LogP contribution in [0.3, 0.4) is 0 Å². The second-order valence-corrected chi connectivity index (χ2v) is 7.77. The maximum Gasteiger partial charge on any atom is 0.226 e. The summed E-state index contributed by atoms with van der Waals surface area (Å²) in [5, 5.41) is 12.0. The summed E-state index contributed by atoms with van der Waals surface area (Å²) in [7, 11) is 1.64. The Morgan fingerprint density at radius 1 is 1.35 bits per heavy atom. The Morgan fingerprint density at radius 3 is 2.74 bits per heavy atom. The lowest BCUT2D eigenvalue weighted by Crippen LogP contribution is -2.12. The van der Waals surface area contributed by atoms with E-state index in [2.05, 4.69) is 29.4 Å². The summed E-state index contributed by atoms with van der Waals surface area (Å²) in [4.78, 5) is 12.0. The molecular formula is C16H21N3O2S2. The van der Waals surface area contributed by atoms with Crippen LogP contribution in [0.4, 0.5) is 5.13 Å². The Morgan fingerprint density at radius 2 is 2.09 bits per heavy atom. The number of thioether (sulfide) groups is 1. The molecule has 2 aromatic rings. The number of anilines is 1. The van der Waals surface area contributed by atoms with E-state index in [1.54, 1.807) is 18.9 Å². The first kappa shape index (κ1) is 17.7. The van der Waals surface area contributed by atoms with Gasteiger partial charge >= 0.3 is 0 Å². The van der Waals surface area contributed by atoms with Crippen molar-refractivity contribution in [3.05, 3.63) is 29.8 Å². The molecule has 0 bridgehead atoms. The van der Waals surface area contributed by atoms with Gasteiger partial charge in [-0.25, -0.2) is 0 Å². The number of amides is 1. The lowest BCUT2D eigenvalue weighted by Gasteiger charge is -2.04. The molecule has 23 heavy (non-hydrogen) atoms. The van der Waals surface area contributed by atoms with Crippen molar-refractivity contribution in [3.8, 4) is 5.75 Å². The Labute approximate surface area is 144 Å². The number of carbonyl (C=O) groups excluding carboxylic acids is 1. The zero-order chi connectivity index (χ0) is 16.7. The molecule has 0 aliphatic rings. The molecule has 0 aliphatic carbocycles. The van der Waals surface area contributed by atoms with Crippen LogP contribution in [0.2, 0.25) is 0 Å². The highest BCUT2D eigenvalue weighted by molar-refractivity contribution is 8.01. The summed E-state index contributed by atoms with van der Waals surface area (Å²) < 4.78 is 6.01. The number of aromatic nitrogens is 2. The summed E-state index contributed by atoms with van der Waals surface area (Å²) in [6.07, 6.45) is 2.18. The number of nitrogens with zero attached hydrogens (tertiary/aromatic N) is 2. The molecule has 1 amide bonds. The second kappa shape index (κ2) is 8.88. The summed E-state index contributed by atoms with van der Waals surface area (Å²) in [5.74, 6) is 0.774. The lowest BCUT2D eigenvalue weighted by atomic mass is 10.1. The van der Waals surface area contributed by atoms with Crippen LogP contribution in [0.15, 0.2) is 28.6 Å². The minimum atomic E-state index is -0.0444. The van der Waals surface area contributed by atoms with E-state index in [1.807, 2.05) is 24.3 Å². The van der Waals surface area contributed by atoms with Crippen LogP contribution >= 0.6 is 23.1 Å². The van der Waals surface area contributed by atoms with Crippen molar-refractivity contribution in [1.82, 2.24) is 10.2 Å². The van der Waals surface area contributed by atoms with Crippen molar-refractivity contribution < 1.29 is 9.53 Å². The first-order valence-corrected chi connectivity index (χ1v) is 9.23. The normalized spacial score (nSPS) is 12.0. The van der Waals surface area contributed by atoms with Gasteiger partial charge in [-0.2, -0.15) is 0 Å². The molecule has 0 radical (unpaired) electrons. The first-order valence-electron chi connectivity index (χ1n) is 7.53. The van der Waals surface area contributed by atoms with Crippen LogP contribution in [-0.4, -0.2) is 28.5 Å². The van der Waals surface area contributed by atoms with Crippen molar-refractivity contribution >= 4 is 34.1 Å². The molecule has 124 valence electrons. The third-order valence-electron chi connectivity index (χ3n) is 3.33. The number of hydrogen-bond donors (Lipinski definition) is 1. The van der Waals surface area contributed by atoms with Crippen LogP contribution in [0, 0.1) is 0 Å². The fourth-order valence-corrected chi connectivity index (χ4v) is 3.81. The SMILES string of the molecule is CCC(C)Sc1nnc(NC(=O)CCc2ccc(OC)cc2)s1. The molecule has 0 saturated carbocycles. The minimum Gasteiger partial charge on any atom is -0.497 e. The van der Waals surface area contributed by atoms with Crippen LogP contribution in [0.25, 0.3) is 0 Å². The Bertz CT molecular complexity index is 629. The van der Waals surface area contributed by atoms with E-state index in [0.717, 1.165) is 22.1 Å². The highest BCUT2D eigenvalue weighted by atomic mass is 32.2. The number of nitrogens with one attached hydrogen (secondary N) is 1. The van der Waals surface area contributed by atoms with Gasteiger partial charge in [0.2, 0.25) is 11.0 Å². The van der Waals surface area contributed by atoms with E-state index in [1.165, 1.54) is 11.3 Å². The molecule has 1 N–H and O–H groups in total. The molecule has 0 aliphatic heterocycles. The highest BCUT2D eigenvalue weighted by Crippen LogP contribution is 2.29. The molecule has 1 unspecified atom stereocenters. The quantitative estimate of drug-likeness (QED) is 0.575. The van der Waals surface area contributed by atoms with Crippen LogP contribution < -0.4 is 10.1 Å². The fraction of sp³-hybridized carbons (Fsp3) is 0.438. The molecule has 2 rings (SSSR count). The third-order valence-corrected chi connectivity index (χ3v) is 5.52. The molecule has 0 spiro atoms. The van der Waals surface area contributed by atoms with Gasteiger partial charge in [-0.15, -0.1) is 10.2 Å². The highest BCUT2D eigenvalue weighted by Gasteiger charge is 2.11. The van der Waals surface area contributed by atoms with E-state index in [4.69, 9.17) is 4.74 Å². The number of rotatable bonds is 8. The zero-order valence-electron chi connectivity index (χ0n) is 13.5. The lowest BCUT2D eigenvalue weighted by molar-refractivity contribution is -0.116. The topological polar surface area (TPSA) is 64.1 Å². The predicted molar refractivity (Wildman–Crippen MR) is 95.5 cm³/mol. The van der Waals surface area contributed by atoms with Gasteiger partial charge < -0.3 is 10.1 Å². The van der Waals surface area contributed by atoms with Gasteiger partial charge in [0, 0.05) is 11.7 Å². The number of benzene rings is 1. The molecule has 1 atom stereocenters. The van der Waals surface area contributed by atoms with Crippen molar-refractivity contribution in [2.45, 2.75) is 42.7 Å². The van der Waals surface area contributed by atoms with Crippen molar-refractivity contribution in [2.75, 3.05) is 12.4 Å². The largest absolute Gasteiger partial charge is 0.497 e. The molecule has 0 saturated heterocycles. The maximum atomic E-state index is 12.0. The van der Waals surface area contributed by atoms with Crippen molar-refractivity contribution in [1.29, 1.82) is 0 Å². The van der Waals surface area contributed by atoms with E-state index in [9.17, 15) is 4.79 Å². The fourth-order valence-electron chi connectivity index (χ4n) is 1.80. The monoisotopic (exact) mass is 351 g/mol. The average molecular weight is 351 g/mol. The maximum absolute atomic E-state index is 12.0. The zero-order valence-corrected chi connectivity index (χ0v) is 15.2. The van der Waals surface area contributed by atoms with Crippen molar-refractivity contribution in [3.63, 3.8) is 0 Å². The van der Waals surface area contributed by atoms with E-state index in [0.29, 0.717) is 23.2 Å². The first-order chi connectivity index (χ1) is 11.1. The Kier molecular flexibility index (Phi) is 6.85. The van der Waals surface area contributed by atoms with Gasteiger partial charge in [0.1, 0.15) is 5.75 Å². The third kappa shape index (κ3) is 5.84. The second-order valence-electron chi connectivity index (χ2n) is 5.11. The van der Waals surface area contributed by atoms with Gasteiger partial charge in [-0.3, -0.25) is 4.79 Å². The van der Waals surface area contributed by atoms with Gasteiger partial charge in [-0.1, -0.05) is 49.1 Å². The number of methoxy groups -OCH3 is 1. The van der Waals surface area contributed by atoms with Gasteiger partial charge in [-0.05, 0) is 30.5 Å². The molecule has 5 nitrogen and oxygen atoms in total. The summed E-state index contributed by atoms with van der Waals surface area (Å²) in [6, 6.07) is 7.74. The Hall–Kier alpha value is -1.60. The smallest absolute Gasteiger partial charge is 0.226 e. The van der Waals surface area contributed by atoms with E-state index in [-0.39, 0.29) is 5.91 Å². The van der Waals surface area contributed by atoms with E-state index >= 15 is 0 Å². The van der Waals surface area contributed by atoms with Crippen LogP contribution in [0.5, 0.6) is 5.75 Å². The molecule has 7 heteroatoms. The average Bonchev–Trinajstić information content (AvgIpc) is 3.00. The van der Waals surface area contributed by atoms with Crippen LogP contribution in [-0.2, 0) is 11.2 Å². The molecule has 1 aromatic carbocycles. The number of hydrogen-bond acceptors (Lipinski definition) is 6. The molecule has 1 heterocycles. The number of aryl methyl sites for hydroxylation is 1.